The van der Waals surface area contributed by atoms with Gasteiger partial charge in [-0.05, 0) is 63.5 Å². The van der Waals surface area contributed by atoms with Crippen LogP contribution in [0.1, 0.15) is 31.7 Å². The molecule has 3 heteroatoms. The first-order valence-corrected chi connectivity index (χ1v) is 6.74. The Hall–Kier alpha value is -0.930. The van der Waals surface area contributed by atoms with E-state index in [1.807, 2.05) is 18.5 Å². The Kier molecular flexibility index (Phi) is 8.51. The molecule has 0 radical (unpaired) electrons. The number of nitrogens with zero attached hydrogens (tertiary/aromatic N) is 1. The van der Waals surface area contributed by atoms with Crippen LogP contribution in [0.4, 0.5) is 0 Å². The van der Waals surface area contributed by atoms with E-state index in [0.717, 1.165) is 32.6 Å². The van der Waals surface area contributed by atoms with Gasteiger partial charge in [0.2, 0.25) is 0 Å². The van der Waals surface area contributed by atoms with E-state index in [2.05, 4.69) is 28.6 Å². The Morgan fingerprint density at radius 2 is 1.82 bits per heavy atom. The number of hydrogen-bond donors (Lipinski definition) is 2. The van der Waals surface area contributed by atoms with Gasteiger partial charge in [0.15, 0.2) is 0 Å². The molecule has 0 aliphatic carbocycles. The van der Waals surface area contributed by atoms with Crippen molar-refractivity contribution in [3.63, 3.8) is 0 Å². The molecule has 1 heterocycles. The predicted molar refractivity (Wildman–Crippen MR) is 73.2 cm³/mol. The highest BCUT2D eigenvalue weighted by Gasteiger charge is 1.92. The minimum atomic E-state index is 1.10. The predicted octanol–water partition coefficient (Wildman–Crippen LogP) is 1.99. The zero-order valence-corrected chi connectivity index (χ0v) is 10.9. The molecule has 1 aromatic heterocycles. The summed E-state index contributed by atoms with van der Waals surface area (Å²) in [6, 6.07) is 4.14. The lowest BCUT2D eigenvalue weighted by atomic mass is 10.1. The van der Waals surface area contributed by atoms with Crippen LogP contribution < -0.4 is 10.6 Å². The van der Waals surface area contributed by atoms with E-state index < -0.39 is 0 Å². The molecule has 3 nitrogen and oxygen atoms in total. The minimum absolute atomic E-state index is 1.10. The van der Waals surface area contributed by atoms with Gasteiger partial charge >= 0.3 is 0 Å². The van der Waals surface area contributed by atoms with Crippen molar-refractivity contribution < 1.29 is 0 Å². The molecular weight excluding hydrogens is 210 g/mol. The summed E-state index contributed by atoms with van der Waals surface area (Å²) in [5, 5.41) is 6.88. The molecule has 0 unspecified atom stereocenters. The van der Waals surface area contributed by atoms with Crippen molar-refractivity contribution in [1.29, 1.82) is 0 Å². The SMILES string of the molecule is CCCNCCCNCCCc1cccnc1. The Balaban J connectivity index is 1.85. The minimum Gasteiger partial charge on any atom is -0.317 e. The normalized spacial score (nSPS) is 10.6. The third-order valence-electron chi connectivity index (χ3n) is 2.68. The van der Waals surface area contributed by atoms with Gasteiger partial charge in [-0.15, -0.1) is 0 Å². The molecule has 1 rings (SSSR count). The van der Waals surface area contributed by atoms with Crippen molar-refractivity contribution in [2.24, 2.45) is 0 Å². The van der Waals surface area contributed by atoms with Gasteiger partial charge in [-0.25, -0.2) is 0 Å². The molecule has 0 aliphatic rings. The molecule has 1 aromatic rings. The van der Waals surface area contributed by atoms with Crippen molar-refractivity contribution >= 4 is 0 Å². The van der Waals surface area contributed by atoms with Crippen LogP contribution in [0, 0.1) is 0 Å². The molecule has 0 spiro atoms. The molecule has 0 aliphatic heterocycles. The average Bonchev–Trinajstić information content (AvgIpc) is 2.38. The molecule has 0 amide bonds. The first-order chi connectivity index (χ1) is 8.43. The van der Waals surface area contributed by atoms with Gasteiger partial charge in [0, 0.05) is 12.4 Å². The van der Waals surface area contributed by atoms with Gasteiger partial charge in [0.25, 0.3) is 0 Å². The zero-order valence-electron chi connectivity index (χ0n) is 10.9. The van der Waals surface area contributed by atoms with E-state index in [4.69, 9.17) is 0 Å². The topological polar surface area (TPSA) is 37.0 Å². The van der Waals surface area contributed by atoms with E-state index in [1.54, 1.807) is 0 Å². The number of nitrogens with one attached hydrogen (secondary N) is 2. The van der Waals surface area contributed by atoms with E-state index in [0.29, 0.717) is 0 Å². The Morgan fingerprint density at radius 1 is 1.06 bits per heavy atom. The fourth-order valence-electron chi connectivity index (χ4n) is 1.73. The monoisotopic (exact) mass is 235 g/mol. The summed E-state index contributed by atoms with van der Waals surface area (Å²) < 4.78 is 0. The Labute approximate surface area is 105 Å². The van der Waals surface area contributed by atoms with E-state index >= 15 is 0 Å². The standard InChI is InChI=1S/C14H25N3/c1-2-8-15-11-5-12-16-9-3-6-14-7-4-10-17-13-14/h4,7,10,13,15-16H,2-3,5-6,8-9,11-12H2,1H3. The summed E-state index contributed by atoms with van der Waals surface area (Å²) in [5.74, 6) is 0. The quantitative estimate of drug-likeness (QED) is 0.609. The summed E-state index contributed by atoms with van der Waals surface area (Å²) in [6.07, 6.45) is 8.52. The first-order valence-electron chi connectivity index (χ1n) is 6.74. The molecular formula is C14H25N3. The summed E-state index contributed by atoms with van der Waals surface area (Å²) in [5.41, 5.74) is 1.33. The number of aromatic nitrogens is 1. The fraction of sp³-hybridized carbons (Fsp3) is 0.643. The summed E-state index contributed by atoms with van der Waals surface area (Å²) >= 11 is 0. The first kappa shape index (κ1) is 14.1. The van der Waals surface area contributed by atoms with Crippen LogP contribution in [0.3, 0.4) is 0 Å². The third-order valence-corrected chi connectivity index (χ3v) is 2.68. The lowest BCUT2D eigenvalue weighted by Crippen LogP contribution is -2.23. The van der Waals surface area contributed by atoms with Gasteiger partial charge in [-0.3, -0.25) is 4.98 Å². The van der Waals surface area contributed by atoms with Crippen molar-refractivity contribution in [1.82, 2.24) is 15.6 Å². The van der Waals surface area contributed by atoms with Crippen molar-refractivity contribution in [3.05, 3.63) is 30.1 Å². The maximum atomic E-state index is 4.11. The third kappa shape index (κ3) is 7.88. The average molecular weight is 235 g/mol. The van der Waals surface area contributed by atoms with Crippen LogP contribution in [0.25, 0.3) is 0 Å². The van der Waals surface area contributed by atoms with Crippen molar-refractivity contribution in [3.8, 4) is 0 Å². The number of pyridine rings is 1. The molecule has 17 heavy (non-hydrogen) atoms. The van der Waals surface area contributed by atoms with Gasteiger partial charge in [0.1, 0.15) is 0 Å². The van der Waals surface area contributed by atoms with Gasteiger partial charge in [-0.2, -0.15) is 0 Å². The van der Waals surface area contributed by atoms with Crippen LogP contribution in [0.5, 0.6) is 0 Å². The number of rotatable bonds is 10. The second kappa shape index (κ2) is 10.2. The number of aryl methyl sites for hydroxylation is 1. The fourth-order valence-corrected chi connectivity index (χ4v) is 1.73. The Bertz CT molecular complexity index is 261. The van der Waals surface area contributed by atoms with E-state index in [-0.39, 0.29) is 0 Å². The van der Waals surface area contributed by atoms with Crippen LogP contribution >= 0.6 is 0 Å². The van der Waals surface area contributed by atoms with E-state index in [1.165, 1.54) is 24.8 Å². The highest BCUT2D eigenvalue weighted by molar-refractivity contribution is 5.08. The molecule has 0 atom stereocenters. The van der Waals surface area contributed by atoms with Crippen LogP contribution in [0.15, 0.2) is 24.5 Å². The largest absolute Gasteiger partial charge is 0.317 e. The molecule has 0 bridgehead atoms. The van der Waals surface area contributed by atoms with Crippen LogP contribution in [0.2, 0.25) is 0 Å². The highest BCUT2D eigenvalue weighted by atomic mass is 14.9. The van der Waals surface area contributed by atoms with Gasteiger partial charge in [-0.1, -0.05) is 13.0 Å². The molecule has 0 aromatic carbocycles. The lowest BCUT2D eigenvalue weighted by Gasteiger charge is -2.05. The maximum Gasteiger partial charge on any atom is 0.0299 e. The van der Waals surface area contributed by atoms with Crippen molar-refractivity contribution in [2.75, 3.05) is 26.2 Å². The lowest BCUT2D eigenvalue weighted by molar-refractivity contribution is 0.582. The van der Waals surface area contributed by atoms with Gasteiger partial charge in [0.05, 0.1) is 0 Å². The number of hydrogen-bond acceptors (Lipinski definition) is 3. The second-order valence-electron chi connectivity index (χ2n) is 4.32. The van der Waals surface area contributed by atoms with Crippen LogP contribution in [-0.2, 0) is 6.42 Å². The summed E-state index contributed by atoms with van der Waals surface area (Å²) in [6.45, 7) is 6.68. The molecule has 0 saturated carbocycles. The molecule has 0 fully saturated rings. The second-order valence-corrected chi connectivity index (χ2v) is 4.32. The van der Waals surface area contributed by atoms with Crippen LogP contribution in [-0.4, -0.2) is 31.2 Å². The van der Waals surface area contributed by atoms with E-state index in [9.17, 15) is 0 Å². The molecule has 2 N–H and O–H groups in total. The van der Waals surface area contributed by atoms with Crippen molar-refractivity contribution in [2.45, 2.75) is 32.6 Å². The van der Waals surface area contributed by atoms with Gasteiger partial charge < -0.3 is 10.6 Å². The maximum absolute atomic E-state index is 4.11. The summed E-state index contributed by atoms with van der Waals surface area (Å²) in [4.78, 5) is 4.11. The summed E-state index contributed by atoms with van der Waals surface area (Å²) in [7, 11) is 0. The zero-order chi connectivity index (χ0) is 12.2. The highest BCUT2D eigenvalue weighted by Crippen LogP contribution is 1.98. The Morgan fingerprint density at radius 3 is 2.53 bits per heavy atom. The smallest absolute Gasteiger partial charge is 0.0299 e. The molecule has 0 saturated heterocycles. The molecule has 96 valence electrons.